The lowest BCUT2D eigenvalue weighted by Crippen LogP contribution is -2.07. The lowest BCUT2D eigenvalue weighted by atomic mass is 10.0. The molecule has 1 aromatic carbocycles. The summed E-state index contributed by atoms with van der Waals surface area (Å²) in [6, 6.07) is 5.12. The third-order valence-electron chi connectivity index (χ3n) is 4.57. The summed E-state index contributed by atoms with van der Waals surface area (Å²) in [6.07, 6.45) is 0. The fourth-order valence-corrected chi connectivity index (χ4v) is 2.88. The van der Waals surface area contributed by atoms with Gasteiger partial charge in [0.25, 0.3) is 0 Å². The summed E-state index contributed by atoms with van der Waals surface area (Å²) in [5.74, 6) is 0.233. The molecule has 1 aromatic rings. The van der Waals surface area contributed by atoms with Crippen molar-refractivity contribution in [2.75, 3.05) is 5.73 Å². The van der Waals surface area contributed by atoms with Crippen LogP contribution in [0.4, 0.5) is 5.69 Å². The van der Waals surface area contributed by atoms with Gasteiger partial charge in [0.15, 0.2) is 5.78 Å². The molecule has 0 unspecified atom stereocenters. The average molecular weight is 252 g/mol. The Balaban J connectivity index is 2.31. The first-order valence-electron chi connectivity index (χ1n) is 5.79. The van der Waals surface area contributed by atoms with E-state index in [2.05, 4.69) is 27.7 Å². The zero-order valence-corrected chi connectivity index (χ0v) is 11.4. The van der Waals surface area contributed by atoms with Gasteiger partial charge in [-0.2, -0.15) is 0 Å². The molecular weight excluding hydrogens is 234 g/mol. The maximum absolute atomic E-state index is 12.4. The Hall–Kier alpha value is -1.02. The molecule has 1 aliphatic carbocycles. The third kappa shape index (κ3) is 1.66. The second kappa shape index (κ2) is 3.49. The molecule has 0 heterocycles. The predicted octanol–water partition coefficient (Wildman–Crippen LogP) is 3.79. The van der Waals surface area contributed by atoms with Crippen LogP contribution >= 0.6 is 11.6 Å². The minimum Gasteiger partial charge on any atom is -0.398 e. The molecule has 0 atom stereocenters. The molecule has 2 rings (SSSR count). The van der Waals surface area contributed by atoms with Crippen molar-refractivity contribution in [3.63, 3.8) is 0 Å². The van der Waals surface area contributed by atoms with Gasteiger partial charge in [-0.05, 0) is 29.0 Å². The number of benzene rings is 1. The normalized spacial score (nSPS) is 21.2. The number of nitrogens with two attached hydrogens (primary N) is 1. The highest BCUT2D eigenvalue weighted by Crippen LogP contribution is 2.69. The van der Waals surface area contributed by atoms with Crippen molar-refractivity contribution in [3.8, 4) is 0 Å². The second-order valence-corrected chi connectivity index (χ2v) is 6.38. The van der Waals surface area contributed by atoms with E-state index in [0.717, 1.165) is 0 Å². The van der Waals surface area contributed by atoms with Crippen LogP contribution in [0.3, 0.4) is 0 Å². The van der Waals surface area contributed by atoms with Gasteiger partial charge in [0.2, 0.25) is 0 Å². The number of nitrogen functional groups attached to an aromatic ring is 1. The van der Waals surface area contributed by atoms with Crippen molar-refractivity contribution in [2.24, 2.45) is 16.7 Å². The summed E-state index contributed by atoms with van der Waals surface area (Å²) in [5, 5.41) is 0.451. The van der Waals surface area contributed by atoms with E-state index in [1.54, 1.807) is 18.2 Å². The van der Waals surface area contributed by atoms with Gasteiger partial charge >= 0.3 is 0 Å². The first kappa shape index (κ1) is 12.4. The van der Waals surface area contributed by atoms with E-state index in [4.69, 9.17) is 17.3 Å². The van der Waals surface area contributed by atoms with E-state index in [1.165, 1.54) is 0 Å². The molecule has 2 nitrogen and oxygen atoms in total. The molecule has 2 N–H and O–H groups in total. The van der Waals surface area contributed by atoms with Crippen LogP contribution in [0, 0.1) is 16.7 Å². The SMILES string of the molecule is CC1(C)C(C(=O)c2ccc(N)c(Cl)c2)C1(C)C. The van der Waals surface area contributed by atoms with Crippen molar-refractivity contribution < 1.29 is 4.79 Å². The summed E-state index contributed by atoms with van der Waals surface area (Å²) >= 11 is 5.95. The summed E-state index contributed by atoms with van der Waals surface area (Å²) in [7, 11) is 0. The van der Waals surface area contributed by atoms with Crippen LogP contribution < -0.4 is 5.73 Å². The number of carbonyl (C=O) groups is 1. The van der Waals surface area contributed by atoms with Gasteiger partial charge in [-0.1, -0.05) is 39.3 Å². The fraction of sp³-hybridized carbons (Fsp3) is 0.500. The Morgan fingerprint density at radius 3 is 2.18 bits per heavy atom. The number of hydrogen-bond acceptors (Lipinski definition) is 2. The van der Waals surface area contributed by atoms with Crippen LogP contribution in [0.5, 0.6) is 0 Å². The van der Waals surface area contributed by atoms with E-state index in [9.17, 15) is 4.79 Å². The average Bonchev–Trinajstić information content (AvgIpc) is 2.61. The summed E-state index contributed by atoms with van der Waals surface area (Å²) in [5.41, 5.74) is 6.92. The first-order chi connectivity index (χ1) is 7.69. The van der Waals surface area contributed by atoms with Crippen LogP contribution in [0.1, 0.15) is 38.1 Å². The van der Waals surface area contributed by atoms with Crippen LogP contribution in [0.15, 0.2) is 18.2 Å². The van der Waals surface area contributed by atoms with Gasteiger partial charge in [0.05, 0.1) is 10.7 Å². The highest BCUT2D eigenvalue weighted by atomic mass is 35.5. The predicted molar refractivity (Wildman–Crippen MR) is 71.2 cm³/mol. The Morgan fingerprint density at radius 1 is 1.24 bits per heavy atom. The van der Waals surface area contributed by atoms with Crippen LogP contribution in [-0.2, 0) is 0 Å². The van der Waals surface area contributed by atoms with Crippen LogP contribution in [0.25, 0.3) is 0 Å². The van der Waals surface area contributed by atoms with Gasteiger partial charge < -0.3 is 5.73 Å². The lowest BCUT2D eigenvalue weighted by Gasteiger charge is -2.04. The van der Waals surface area contributed by atoms with Crippen molar-refractivity contribution in [2.45, 2.75) is 27.7 Å². The van der Waals surface area contributed by atoms with E-state index >= 15 is 0 Å². The number of anilines is 1. The highest BCUT2D eigenvalue weighted by molar-refractivity contribution is 6.33. The maximum atomic E-state index is 12.4. The van der Waals surface area contributed by atoms with Crippen molar-refractivity contribution >= 4 is 23.1 Å². The number of halogens is 1. The number of Topliss-reactive ketones (excluding diaryl/α,β-unsaturated/α-hetero) is 1. The molecule has 17 heavy (non-hydrogen) atoms. The van der Waals surface area contributed by atoms with Gasteiger partial charge in [0, 0.05) is 11.5 Å². The Bertz CT molecular complexity index is 477. The highest BCUT2D eigenvalue weighted by Gasteiger charge is 2.67. The lowest BCUT2D eigenvalue weighted by molar-refractivity contribution is 0.0945. The number of rotatable bonds is 2. The molecule has 0 spiro atoms. The minimum atomic E-state index is 0.0535. The molecule has 0 radical (unpaired) electrons. The summed E-state index contributed by atoms with van der Waals surface area (Å²) in [4.78, 5) is 12.4. The summed E-state index contributed by atoms with van der Waals surface area (Å²) in [6.45, 7) is 8.53. The first-order valence-corrected chi connectivity index (χ1v) is 6.16. The van der Waals surface area contributed by atoms with Gasteiger partial charge in [-0.15, -0.1) is 0 Å². The Labute approximate surface area is 107 Å². The molecule has 1 saturated carbocycles. The summed E-state index contributed by atoms with van der Waals surface area (Å²) < 4.78 is 0. The fourth-order valence-electron chi connectivity index (χ4n) is 2.70. The van der Waals surface area contributed by atoms with Crippen LogP contribution in [0.2, 0.25) is 5.02 Å². The Morgan fingerprint density at radius 2 is 1.76 bits per heavy atom. The zero-order chi connectivity index (χ0) is 13.0. The van der Waals surface area contributed by atoms with E-state index < -0.39 is 0 Å². The molecule has 0 aromatic heterocycles. The number of ketones is 1. The molecule has 0 saturated heterocycles. The molecule has 1 aliphatic rings. The van der Waals surface area contributed by atoms with E-state index in [-0.39, 0.29) is 22.5 Å². The molecule has 1 fully saturated rings. The number of carbonyl (C=O) groups excluding carboxylic acids is 1. The molecule has 0 amide bonds. The minimum absolute atomic E-state index is 0.0535. The van der Waals surface area contributed by atoms with Crippen molar-refractivity contribution in [3.05, 3.63) is 28.8 Å². The molecule has 0 aliphatic heterocycles. The quantitative estimate of drug-likeness (QED) is 0.642. The molecular formula is C14H18ClNO. The van der Waals surface area contributed by atoms with E-state index in [1.807, 2.05) is 0 Å². The largest absolute Gasteiger partial charge is 0.398 e. The smallest absolute Gasteiger partial charge is 0.167 e. The second-order valence-electron chi connectivity index (χ2n) is 5.98. The van der Waals surface area contributed by atoms with Crippen molar-refractivity contribution in [1.29, 1.82) is 0 Å². The van der Waals surface area contributed by atoms with E-state index in [0.29, 0.717) is 16.3 Å². The van der Waals surface area contributed by atoms with Gasteiger partial charge in [-0.25, -0.2) is 0 Å². The molecule has 0 bridgehead atoms. The zero-order valence-electron chi connectivity index (χ0n) is 10.7. The monoisotopic (exact) mass is 251 g/mol. The standard InChI is InChI=1S/C14H18ClNO/c1-13(2)12(14(13,3)4)11(17)8-5-6-10(16)9(15)7-8/h5-7,12H,16H2,1-4H3. The number of hydrogen-bond donors (Lipinski definition) is 1. The van der Waals surface area contributed by atoms with Crippen molar-refractivity contribution in [1.82, 2.24) is 0 Å². The van der Waals surface area contributed by atoms with Crippen LogP contribution in [-0.4, -0.2) is 5.78 Å². The topological polar surface area (TPSA) is 43.1 Å². The van der Waals surface area contributed by atoms with Gasteiger partial charge in [-0.3, -0.25) is 4.79 Å². The third-order valence-corrected chi connectivity index (χ3v) is 4.90. The Kier molecular flexibility index (Phi) is 2.55. The molecule has 3 heteroatoms. The molecule has 92 valence electrons. The maximum Gasteiger partial charge on any atom is 0.167 e. The van der Waals surface area contributed by atoms with Gasteiger partial charge in [0.1, 0.15) is 0 Å².